The number of rotatable bonds is 5. The second kappa shape index (κ2) is 10.5. The third kappa shape index (κ3) is 5.21. The summed E-state index contributed by atoms with van der Waals surface area (Å²) in [7, 11) is 0. The molecule has 0 spiro atoms. The highest BCUT2D eigenvalue weighted by molar-refractivity contribution is 6.40. The molecule has 5 rings (SSSR count). The number of carbonyl (C=O) groups is 3. The number of hydrogen-bond acceptors (Lipinski definition) is 4. The van der Waals surface area contributed by atoms with Gasteiger partial charge < -0.3 is 10.6 Å². The zero-order valence-corrected chi connectivity index (χ0v) is 19.6. The van der Waals surface area contributed by atoms with Crippen LogP contribution >= 0.6 is 0 Å². The second-order valence-electron chi connectivity index (χ2n) is 8.25. The molecule has 0 heterocycles. The summed E-state index contributed by atoms with van der Waals surface area (Å²) in [6, 6.07) is 33.3. The molecule has 180 valence electrons. The van der Waals surface area contributed by atoms with Crippen LogP contribution in [0, 0.1) is 0 Å². The zero-order valence-electron chi connectivity index (χ0n) is 19.6. The van der Waals surface area contributed by atoms with Gasteiger partial charge in [0.05, 0.1) is 17.5 Å². The number of hydrazone groups is 1. The standard InChI is InChI=1S/C30H22N4O3/c35-28(32-22-12-2-1-3-13-22)25-16-8-9-17-27(25)33-29(36)30(37)34-31-19-26-23-14-6-4-10-20(23)18-21-11-5-7-15-24(21)26/h1-19H,(H,32,35)(H,33,36)(H,34,37). The van der Waals surface area contributed by atoms with Gasteiger partial charge in [-0.3, -0.25) is 14.4 Å². The SMILES string of the molecule is O=C(NN=Cc1c2ccccc2cc2ccccc12)C(=O)Nc1ccccc1C(=O)Nc1ccccc1. The van der Waals surface area contributed by atoms with Gasteiger partial charge in [-0.15, -0.1) is 0 Å². The number of carbonyl (C=O) groups excluding carboxylic acids is 3. The van der Waals surface area contributed by atoms with E-state index < -0.39 is 17.7 Å². The Bertz CT molecular complexity index is 1610. The summed E-state index contributed by atoms with van der Waals surface area (Å²) in [6.07, 6.45) is 1.54. The van der Waals surface area contributed by atoms with Crippen molar-refractivity contribution < 1.29 is 14.4 Å². The lowest BCUT2D eigenvalue weighted by Crippen LogP contribution is -2.33. The smallest absolute Gasteiger partial charge is 0.322 e. The van der Waals surface area contributed by atoms with E-state index in [0.29, 0.717) is 5.69 Å². The van der Waals surface area contributed by atoms with Crippen molar-refractivity contribution >= 4 is 56.9 Å². The lowest BCUT2D eigenvalue weighted by molar-refractivity contribution is -0.136. The third-order valence-electron chi connectivity index (χ3n) is 5.83. The largest absolute Gasteiger partial charge is 0.329 e. The Morgan fingerprint density at radius 2 is 1.22 bits per heavy atom. The van der Waals surface area contributed by atoms with Gasteiger partial charge in [0.1, 0.15) is 0 Å². The summed E-state index contributed by atoms with van der Waals surface area (Å²) in [5.41, 5.74) is 4.16. The van der Waals surface area contributed by atoms with Crippen LogP contribution in [0.2, 0.25) is 0 Å². The van der Waals surface area contributed by atoms with Crippen LogP contribution < -0.4 is 16.1 Å². The van der Waals surface area contributed by atoms with E-state index in [-0.39, 0.29) is 11.3 Å². The van der Waals surface area contributed by atoms with Gasteiger partial charge in [0.25, 0.3) is 5.91 Å². The molecule has 0 fully saturated rings. The van der Waals surface area contributed by atoms with Gasteiger partial charge in [0, 0.05) is 11.3 Å². The van der Waals surface area contributed by atoms with Crippen LogP contribution in [0.4, 0.5) is 11.4 Å². The molecule has 7 heteroatoms. The topological polar surface area (TPSA) is 99.7 Å². The Morgan fingerprint density at radius 3 is 1.92 bits per heavy atom. The first kappa shape index (κ1) is 23.4. The molecule has 0 aliphatic rings. The highest BCUT2D eigenvalue weighted by Crippen LogP contribution is 2.27. The number of nitrogens with zero attached hydrogens (tertiary/aromatic N) is 1. The van der Waals surface area contributed by atoms with Crippen LogP contribution in [0.25, 0.3) is 21.5 Å². The molecule has 5 aromatic carbocycles. The van der Waals surface area contributed by atoms with Gasteiger partial charge in [-0.2, -0.15) is 5.10 Å². The Kier molecular flexibility index (Phi) is 6.67. The first-order chi connectivity index (χ1) is 18.1. The number of benzene rings is 5. The first-order valence-electron chi connectivity index (χ1n) is 11.6. The summed E-state index contributed by atoms with van der Waals surface area (Å²) in [5, 5.41) is 13.3. The van der Waals surface area contributed by atoms with Crippen molar-refractivity contribution in [1.29, 1.82) is 0 Å². The maximum Gasteiger partial charge on any atom is 0.329 e. The van der Waals surface area contributed by atoms with Crippen LogP contribution in [0.5, 0.6) is 0 Å². The minimum atomic E-state index is -0.959. The predicted molar refractivity (Wildman–Crippen MR) is 147 cm³/mol. The van der Waals surface area contributed by atoms with Crippen LogP contribution in [0.3, 0.4) is 0 Å². The van der Waals surface area contributed by atoms with Crippen molar-refractivity contribution in [3.63, 3.8) is 0 Å². The lowest BCUT2D eigenvalue weighted by Gasteiger charge is -2.11. The molecule has 0 atom stereocenters. The Balaban J connectivity index is 1.31. The van der Waals surface area contributed by atoms with Gasteiger partial charge in [-0.25, -0.2) is 5.43 Å². The third-order valence-corrected chi connectivity index (χ3v) is 5.83. The molecule has 5 aromatic rings. The zero-order chi connectivity index (χ0) is 25.6. The summed E-state index contributed by atoms with van der Waals surface area (Å²) >= 11 is 0. The normalized spacial score (nSPS) is 10.9. The number of anilines is 2. The molecule has 3 amide bonds. The average Bonchev–Trinajstić information content (AvgIpc) is 2.93. The fraction of sp³-hybridized carbons (Fsp3) is 0. The second-order valence-corrected chi connectivity index (χ2v) is 8.25. The van der Waals surface area contributed by atoms with E-state index in [2.05, 4.69) is 27.2 Å². The molecule has 0 unspecified atom stereocenters. The van der Waals surface area contributed by atoms with Crippen molar-refractivity contribution in [2.75, 3.05) is 10.6 Å². The van der Waals surface area contributed by atoms with Gasteiger partial charge in [0.2, 0.25) is 0 Å². The highest BCUT2D eigenvalue weighted by Gasteiger charge is 2.18. The van der Waals surface area contributed by atoms with Crippen molar-refractivity contribution in [2.24, 2.45) is 5.10 Å². The monoisotopic (exact) mass is 486 g/mol. The number of amides is 3. The van der Waals surface area contributed by atoms with Gasteiger partial charge >= 0.3 is 11.8 Å². The number of hydrogen-bond donors (Lipinski definition) is 3. The predicted octanol–water partition coefficient (Wildman–Crippen LogP) is 5.33. The molecule has 37 heavy (non-hydrogen) atoms. The summed E-state index contributed by atoms with van der Waals surface area (Å²) in [5.74, 6) is -2.32. The maximum atomic E-state index is 12.7. The van der Waals surface area contributed by atoms with Crippen LogP contribution in [-0.2, 0) is 9.59 Å². The maximum absolute atomic E-state index is 12.7. The van der Waals surface area contributed by atoms with Gasteiger partial charge in [0.15, 0.2) is 0 Å². The highest BCUT2D eigenvalue weighted by atomic mass is 16.2. The number of para-hydroxylation sites is 2. The molecule has 0 saturated heterocycles. The fourth-order valence-corrected chi connectivity index (χ4v) is 4.08. The molecule has 7 nitrogen and oxygen atoms in total. The Hall–Kier alpha value is -5.30. The van der Waals surface area contributed by atoms with Gasteiger partial charge in [-0.05, 0) is 51.9 Å². The van der Waals surface area contributed by atoms with E-state index in [1.165, 1.54) is 6.21 Å². The molecular weight excluding hydrogens is 464 g/mol. The first-order valence-corrected chi connectivity index (χ1v) is 11.6. The van der Waals surface area contributed by atoms with E-state index in [9.17, 15) is 14.4 Å². The van der Waals surface area contributed by atoms with Crippen molar-refractivity contribution in [1.82, 2.24) is 5.43 Å². The van der Waals surface area contributed by atoms with Crippen molar-refractivity contribution in [3.8, 4) is 0 Å². The summed E-state index contributed by atoms with van der Waals surface area (Å²) < 4.78 is 0. The summed E-state index contributed by atoms with van der Waals surface area (Å²) in [4.78, 5) is 37.8. The van der Waals surface area contributed by atoms with Gasteiger partial charge in [-0.1, -0.05) is 78.9 Å². The summed E-state index contributed by atoms with van der Waals surface area (Å²) in [6.45, 7) is 0. The molecule has 3 N–H and O–H groups in total. The number of fused-ring (bicyclic) bond motifs is 2. The van der Waals surface area contributed by atoms with E-state index in [4.69, 9.17) is 0 Å². The molecule has 0 aromatic heterocycles. The number of nitrogens with one attached hydrogen (secondary N) is 3. The van der Waals surface area contributed by atoms with Crippen molar-refractivity contribution in [3.05, 3.63) is 120 Å². The minimum absolute atomic E-state index is 0.208. The van der Waals surface area contributed by atoms with E-state index in [0.717, 1.165) is 27.1 Å². The lowest BCUT2D eigenvalue weighted by atomic mass is 9.97. The molecule has 0 radical (unpaired) electrons. The van der Waals surface area contributed by atoms with E-state index >= 15 is 0 Å². The fourth-order valence-electron chi connectivity index (χ4n) is 4.08. The molecule has 0 aliphatic heterocycles. The Labute approximate surface area is 212 Å². The molecule has 0 bridgehead atoms. The van der Waals surface area contributed by atoms with E-state index in [1.807, 2.05) is 54.6 Å². The van der Waals surface area contributed by atoms with Crippen LogP contribution in [-0.4, -0.2) is 23.9 Å². The van der Waals surface area contributed by atoms with Crippen molar-refractivity contribution in [2.45, 2.75) is 0 Å². The molecule has 0 aliphatic carbocycles. The van der Waals surface area contributed by atoms with Crippen LogP contribution in [0.1, 0.15) is 15.9 Å². The quantitative estimate of drug-likeness (QED) is 0.135. The van der Waals surface area contributed by atoms with Crippen LogP contribution in [0.15, 0.2) is 114 Å². The average molecular weight is 487 g/mol. The van der Waals surface area contributed by atoms with E-state index in [1.54, 1.807) is 48.5 Å². The molecular formula is C30H22N4O3. The Morgan fingerprint density at radius 1 is 0.622 bits per heavy atom. The minimum Gasteiger partial charge on any atom is -0.322 e. The molecule has 0 saturated carbocycles.